The second kappa shape index (κ2) is 5.55. The van der Waals surface area contributed by atoms with Crippen LogP contribution in [0.2, 0.25) is 0 Å². The highest BCUT2D eigenvalue weighted by molar-refractivity contribution is 5.09. The molecule has 0 N–H and O–H groups in total. The lowest BCUT2D eigenvalue weighted by molar-refractivity contribution is 0.0192. The molecular formula is C15H23N. The molecule has 0 saturated carbocycles. The van der Waals surface area contributed by atoms with Gasteiger partial charge in [0.05, 0.1) is 0 Å². The third-order valence-corrected chi connectivity index (χ3v) is 4.30. The standard InChI is InChI=1S/C15H23N/c1-3-4-5-8-14-11-10-13(2)15-9-6-7-12-16(14)15/h1,4-5,13-15H,6-12H2,2H3/b5-4-/t13-,14+,15-/m1/s1. The molecule has 1 heteroatoms. The Morgan fingerprint density at radius 1 is 1.31 bits per heavy atom. The van der Waals surface area contributed by atoms with E-state index < -0.39 is 0 Å². The topological polar surface area (TPSA) is 3.24 Å². The van der Waals surface area contributed by atoms with Gasteiger partial charge in [-0.05, 0) is 50.6 Å². The summed E-state index contributed by atoms with van der Waals surface area (Å²) in [5.74, 6) is 3.49. The van der Waals surface area contributed by atoms with Gasteiger partial charge in [-0.15, -0.1) is 6.42 Å². The van der Waals surface area contributed by atoms with Gasteiger partial charge in [0, 0.05) is 12.1 Å². The largest absolute Gasteiger partial charge is 0.297 e. The van der Waals surface area contributed by atoms with Gasteiger partial charge in [0.15, 0.2) is 0 Å². The maximum Gasteiger partial charge on any atom is 0.0133 e. The van der Waals surface area contributed by atoms with E-state index in [0.29, 0.717) is 0 Å². The number of piperidine rings is 2. The third kappa shape index (κ3) is 2.50. The Labute approximate surface area is 99.9 Å². The zero-order valence-corrected chi connectivity index (χ0v) is 10.4. The Balaban J connectivity index is 1.98. The predicted molar refractivity (Wildman–Crippen MR) is 69.1 cm³/mol. The molecule has 3 atom stereocenters. The summed E-state index contributed by atoms with van der Waals surface area (Å²) >= 11 is 0. The van der Waals surface area contributed by atoms with Crippen molar-refractivity contribution in [2.75, 3.05) is 6.54 Å². The molecule has 2 heterocycles. The van der Waals surface area contributed by atoms with Gasteiger partial charge in [-0.1, -0.05) is 25.3 Å². The first-order valence-electron chi connectivity index (χ1n) is 6.70. The summed E-state index contributed by atoms with van der Waals surface area (Å²) < 4.78 is 0. The van der Waals surface area contributed by atoms with E-state index in [1.807, 2.05) is 6.08 Å². The van der Waals surface area contributed by atoms with Crippen molar-refractivity contribution in [1.82, 2.24) is 4.90 Å². The van der Waals surface area contributed by atoms with Crippen LogP contribution in [0.4, 0.5) is 0 Å². The minimum absolute atomic E-state index is 0.756. The fourth-order valence-corrected chi connectivity index (χ4v) is 3.40. The fourth-order valence-electron chi connectivity index (χ4n) is 3.40. The zero-order valence-electron chi connectivity index (χ0n) is 10.4. The van der Waals surface area contributed by atoms with Crippen LogP contribution in [0.25, 0.3) is 0 Å². The minimum Gasteiger partial charge on any atom is -0.297 e. The lowest BCUT2D eigenvalue weighted by atomic mass is 9.81. The summed E-state index contributed by atoms with van der Waals surface area (Å²) in [6.45, 7) is 3.74. The molecule has 2 rings (SSSR count). The van der Waals surface area contributed by atoms with E-state index in [4.69, 9.17) is 6.42 Å². The van der Waals surface area contributed by atoms with Gasteiger partial charge >= 0.3 is 0 Å². The van der Waals surface area contributed by atoms with E-state index in [1.54, 1.807) is 0 Å². The summed E-state index contributed by atoms with van der Waals surface area (Å²) in [5, 5.41) is 0. The SMILES string of the molecule is C#C/C=C\C[C@H]1CC[C@@H](C)[C@H]2CCCCN12. The summed E-state index contributed by atoms with van der Waals surface area (Å²) in [5.41, 5.74) is 0. The number of hydrogen-bond donors (Lipinski definition) is 0. The highest BCUT2D eigenvalue weighted by Gasteiger charge is 2.35. The van der Waals surface area contributed by atoms with Crippen LogP contribution in [-0.2, 0) is 0 Å². The highest BCUT2D eigenvalue weighted by atomic mass is 15.2. The van der Waals surface area contributed by atoms with E-state index in [1.165, 1.54) is 38.6 Å². The van der Waals surface area contributed by atoms with Crippen LogP contribution >= 0.6 is 0 Å². The number of hydrogen-bond acceptors (Lipinski definition) is 1. The molecule has 2 saturated heterocycles. The molecule has 2 aliphatic heterocycles. The van der Waals surface area contributed by atoms with Crippen molar-refractivity contribution in [2.45, 2.75) is 57.5 Å². The molecule has 0 aromatic carbocycles. The molecule has 88 valence electrons. The molecule has 2 fully saturated rings. The lowest BCUT2D eigenvalue weighted by Crippen LogP contribution is -2.52. The van der Waals surface area contributed by atoms with Crippen LogP contribution in [0.1, 0.15) is 45.4 Å². The summed E-state index contributed by atoms with van der Waals surface area (Å²) in [7, 11) is 0. The monoisotopic (exact) mass is 217 g/mol. The van der Waals surface area contributed by atoms with Gasteiger partial charge in [-0.3, -0.25) is 4.90 Å². The first-order valence-corrected chi connectivity index (χ1v) is 6.70. The van der Waals surface area contributed by atoms with Crippen molar-refractivity contribution in [3.8, 4) is 12.3 Å². The van der Waals surface area contributed by atoms with Crippen molar-refractivity contribution in [2.24, 2.45) is 5.92 Å². The molecule has 0 spiro atoms. The Morgan fingerprint density at radius 2 is 2.19 bits per heavy atom. The molecule has 1 nitrogen and oxygen atoms in total. The molecule has 0 amide bonds. The van der Waals surface area contributed by atoms with Crippen molar-refractivity contribution in [3.63, 3.8) is 0 Å². The van der Waals surface area contributed by atoms with E-state index in [-0.39, 0.29) is 0 Å². The van der Waals surface area contributed by atoms with Crippen molar-refractivity contribution in [3.05, 3.63) is 12.2 Å². The third-order valence-electron chi connectivity index (χ3n) is 4.30. The van der Waals surface area contributed by atoms with Gasteiger partial charge in [0.25, 0.3) is 0 Å². The quantitative estimate of drug-likeness (QED) is 0.642. The maximum atomic E-state index is 5.25. The van der Waals surface area contributed by atoms with Crippen LogP contribution in [0.5, 0.6) is 0 Å². The van der Waals surface area contributed by atoms with Crippen LogP contribution < -0.4 is 0 Å². The molecule has 16 heavy (non-hydrogen) atoms. The fraction of sp³-hybridized carbons (Fsp3) is 0.733. The summed E-state index contributed by atoms with van der Waals surface area (Å²) in [6, 6.07) is 1.61. The predicted octanol–water partition coefficient (Wildman–Crippen LogP) is 3.22. The van der Waals surface area contributed by atoms with Crippen molar-refractivity contribution >= 4 is 0 Å². The number of terminal acetylenes is 1. The number of fused-ring (bicyclic) bond motifs is 1. The normalized spacial score (nSPS) is 35.9. The number of rotatable bonds is 2. The van der Waals surface area contributed by atoms with Crippen molar-refractivity contribution in [1.29, 1.82) is 0 Å². The average Bonchev–Trinajstić information content (AvgIpc) is 2.33. The first kappa shape index (κ1) is 11.7. The van der Waals surface area contributed by atoms with E-state index in [2.05, 4.69) is 23.8 Å². The van der Waals surface area contributed by atoms with Crippen LogP contribution in [0.3, 0.4) is 0 Å². The lowest BCUT2D eigenvalue weighted by Gasteiger charge is -2.48. The van der Waals surface area contributed by atoms with E-state index >= 15 is 0 Å². The molecule has 0 aliphatic carbocycles. The van der Waals surface area contributed by atoms with Crippen LogP contribution in [0.15, 0.2) is 12.2 Å². The molecule has 0 radical (unpaired) electrons. The number of allylic oxidation sites excluding steroid dienone is 1. The van der Waals surface area contributed by atoms with Gasteiger partial charge < -0.3 is 0 Å². The Hall–Kier alpha value is -0.740. The van der Waals surface area contributed by atoms with Gasteiger partial charge in [-0.25, -0.2) is 0 Å². The minimum atomic E-state index is 0.756. The van der Waals surface area contributed by atoms with Gasteiger partial charge in [0.2, 0.25) is 0 Å². The smallest absolute Gasteiger partial charge is 0.0133 e. The average molecular weight is 217 g/mol. The number of nitrogens with zero attached hydrogens (tertiary/aromatic N) is 1. The van der Waals surface area contributed by atoms with Gasteiger partial charge in [0.1, 0.15) is 0 Å². The maximum absolute atomic E-state index is 5.25. The van der Waals surface area contributed by atoms with E-state index in [0.717, 1.165) is 24.4 Å². The molecular weight excluding hydrogens is 194 g/mol. The summed E-state index contributed by atoms with van der Waals surface area (Å²) in [6.07, 6.45) is 17.4. The van der Waals surface area contributed by atoms with Gasteiger partial charge in [-0.2, -0.15) is 0 Å². The Kier molecular flexibility index (Phi) is 4.07. The highest BCUT2D eigenvalue weighted by Crippen LogP contribution is 2.35. The Morgan fingerprint density at radius 3 is 3.00 bits per heavy atom. The van der Waals surface area contributed by atoms with E-state index in [9.17, 15) is 0 Å². The second-order valence-corrected chi connectivity index (χ2v) is 5.31. The molecule has 2 aliphatic rings. The Bertz CT molecular complexity index is 286. The summed E-state index contributed by atoms with van der Waals surface area (Å²) in [4.78, 5) is 2.76. The molecule has 0 unspecified atom stereocenters. The first-order chi connectivity index (χ1) is 7.83. The second-order valence-electron chi connectivity index (χ2n) is 5.31. The van der Waals surface area contributed by atoms with Crippen molar-refractivity contribution < 1.29 is 0 Å². The molecule has 0 aromatic heterocycles. The molecule has 0 bridgehead atoms. The van der Waals surface area contributed by atoms with Crippen LogP contribution in [0, 0.1) is 18.3 Å². The zero-order chi connectivity index (χ0) is 11.4. The molecule has 0 aromatic rings. The van der Waals surface area contributed by atoms with Crippen LogP contribution in [-0.4, -0.2) is 23.5 Å².